The van der Waals surface area contributed by atoms with Crippen molar-refractivity contribution in [3.8, 4) is 0 Å². The van der Waals surface area contributed by atoms with Gasteiger partial charge in [-0.25, -0.2) is 4.39 Å². The number of hydrogen-bond donors (Lipinski definition) is 1. The summed E-state index contributed by atoms with van der Waals surface area (Å²) in [7, 11) is 0. The second-order valence-electron chi connectivity index (χ2n) is 5.11. The van der Waals surface area contributed by atoms with Crippen molar-refractivity contribution in [2.75, 3.05) is 18.1 Å². The third-order valence-corrected chi connectivity index (χ3v) is 3.40. The van der Waals surface area contributed by atoms with E-state index in [1.807, 2.05) is 26.8 Å². The lowest BCUT2D eigenvalue weighted by molar-refractivity contribution is 0.0340. The van der Waals surface area contributed by atoms with Crippen molar-refractivity contribution in [3.05, 3.63) is 29.6 Å². The maximum absolute atomic E-state index is 14.2. The lowest BCUT2D eigenvalue weighted by atomic mass is 10.0. The fraction of sp³-hybridized carbons (Fsp3) is 0.571. The number of halogens is 1. The second kappa shape index (κ2) is 5.24. The number of hydrogen-bond acceptors (Lipinski definition) is 3. The number of morpholine rings is 1. The normalized spacial score (nSPS) is 26.2. The van der Waals surface area contributed by atoms with Crippen LogP contribution >= 0.6 is 0 Å². The Kier molecular flexibility index (Phi) is 3.88. The van der Waals surface area contributed by atoms with Gasteiger partial charge in [-0.3, -0.25) is 0 Å². The molecule has 2 N–H and O–H groups in total. The van der Waals surface area contributed by atoms with E-state index in [0.717, 1.165) is 5.56 Å². The van der Waals surface area contributed by atoms with Crippen molar-refractivity contribution in [1.29, 1.82) is 0 Å². The summed E-state index contributed by atoms with van der Waals surface area (Å²) in [6.45, 7) is 7.25. The van der Waals surface area contributed by atoms with Gasteiger partial charge in [0.05, 0.1) is 18.4 Å². The molecule has 3 nitrogen and oxygen atoms in total. The first kappa shape index (κ1) is 13.3. The van der Waals surface area contributed by atoms with E-state index >= 15 is 0 Å². The molecule has 0 spiro atoms. The molecule has 0 amide bonds. The number of para-hydroxylation sites is 1. The first-order valence-corrected chi connectivity index (χ1v) is 6.43. The second-order valence-corrected chi connectivity index (χ2v) is 5.11. The number of anilines is 1. The number of nitrogens with two attached hydrogens (primary N) is 1. The molecule has 3 atom stereocenters. The van der Waals surface area contributed by atoms with Gasteiger partial charge in [0.25, 0.3) is 0 Å². The summed E-state index contributed by atoms with van der Waals surface area (Å²) in [6, 6.07) is 5.09. The van der Waals surface area contributed by atoms with Crippen LogP contribution in [0.2, 0.25) is 0 Å². The van der Waals surface area contributed by atoms with Crippen LogP contribution in [0.25, 0.3) is 0 Å². The van der Waals surface area contributed by atoms with Crippen LogP contribution < -0.4 is 10.6 Å². The standard InChI is InChI=1S/C14H21FN2O/c1-9-8-18-10(2)7-17(9)14-12(11(3)16)5-4-6-13(14)15/h4-6,9-11H,7-8,16H2,1-3H3/t9?,10?,11-/m1/s1. The molecule has 0 radical (unpaired) electrons. The number of ether oxygens (including phenoxy) is 1. The highest BCUT2D eigenvalue weighted by Gasteiger charge is 2.28. The first-order valence-electron chi connectivity index (χ1n) is 6.43. The highest BCUT2D eigenvalue weighted by atomic mass is 19.1. The molecule has 1 saturated heterocycles. The summed E-state index contributed by atoms with van der Waals surface area (Å²) in [4.78, 5) is 2.07. The van der Waals surface area contributed by atoms with Crippen molar-refractivity contribution >= 4 is 5.69 Å². The lowest BCUT2D eigenvalue weighted by Gasteiger charge is -2.40. The predicted octanol–water partition coefficient (Wildman–Crippen LogP) is 2.46. The summed E-state index contributed by atoms with van der Waals surface area (Å²) < 4.78 is 19.7. The van der Waals surface area contributed by atoms with Gasteiger partial charge in [-0.2, -0.15) is 0 Å². The fourth-order valence-electron chi connectivity index (χ4n) is 2.42. The van der Waals surface area contributed by atoms with Crippen molar-refractivity contribution in [1.82, 2.24) is 0 Å². The van der Waals surface area contributed by atoms with Crippen LogP contribution in [0.15, 0.2) is 18.2 Å². The quantitative estimate of drug-likeness (QED) is 0.878. The molecule has 4 heteroatoms. The summed E-state index contributed by atoms with van der Waals surface area (Å²) in [5.41, 5.74) is 7.44. The number of rotatable bonds is 2. The Hall–Kier alpha value is -1.13. The molecule has 0 aliphatic carbocycles. The smallest absolute Gasteiger partial charge is 0.146 e. The first-order chi connectivity index (χ1) is 8.50. The number of benzene rings is 1. The number of nitrogens with zero attached hydrogens (tertiary/aromatic N) is 1. The fourth-order valence-corrected chi connectivity index (χ4v) is 2.42. The lowest BCUT2D eigenvalue weighted by Crippen LogP contribution is -2.48. The van der Waals surface area contributed by atoms with Gasteiger partial charge in [-0.05, 0) is 32.4 Å². The molecule has 0 aromatic heterocycles. The van der Waals surface area contributed by atoms with Gasteiger partial charge in [-0.15, -0.1) is 0 Å². The highest BCUT2D eigenvalue weighted by Crippen LogP contribution is 2.31. The molecule has 0 bridgehead atoms. The summed E-state index contributed by atoms with van der Waals surface area (Å²) in [6.07, 6.45) is 0.113. The Morgan fingerprint density at radius 2 is 2.17 bits per heavy atom. The van der Waals surface area contributed by atoms with Crippen molar-refractivity contribution in [2.45, 2.75) is 39.0 Å². The average Bonchev–Trinajstić information content (AvgIpc) is 2.32. The zero-order valence-electron chi connectivity index (χ0n) is 11.2. The molecule has 0 saturated carbocycles. The monoisotopic (exact) mass is 252 g/mol. The van der Waals surface area contributed by atoms with Gasteiger partial charge < -0.3 is 15.4 Å². The van der Waals surface area contributed by atoms with Crippen LogP contribution in [-0.2, 0) is 4.74 Å². The third kappa shape index (κ3) is 2.49. The molecule has 2 rings (SSSR count). The minimum atomic E-state index is -0.203. The Morgan fingerprint density at radius 1 is 1.44 bits per heavy atom. The maximum atomic E-state index is 14.2. The van der Waals surface area contributed by atoms with Gasteiger partial charge in [0.2, 0.25) is 0 Å². The van der Waals surface area contributed by atoms with Crippen LogP contribution in [0.5, 0.6) is 0 Å². The van der Waals surface area contributed by atoms with Crippen LogP contribution in [0.3, 0.4) is 0 Å². The summed E-state index contributed by atoms with van der Waals surface area (Å²) in [5.74, 6) is -0.203. The zero-order chi connectivity index (χ0) is 13.3. The third-order valence-electron chi connectivity index (χ3n) is 3.40. The van der Waals surface area contributed by atoms with Gasteiger partial charge in [-0.1, -0.05) is 12.1 Å². The molecule has 1 aromatic carbocycles. The molecule has 2 unspecified atom stereocenters. The molecule has 1 aliphatic rings. The van der Waals surface area contributed by atoms with Crippen LogP contribution in [0, 0.1) is 5.82 Å². The molecular weight excluding hydrogens is 231 g/mol. The van der Waals surface area contributed by atoms with E-state index in [2.05, 4.69) is 4.90 Å². The average molecular weight is 252 g/mol. The molecule has 1 aromatic rings. The minimum Gasteiger partial charge on any atom is -0.375 e. The maximum Gasteiger partial charge on any atom is 0.146 e. The largest absolute Gasteiger partial charge is 0.375 e. The highest BCUT2D eigenvalue weighted by molar-refractivity contribution is 5.57. The Labute approximate surface area is 108 Å². The zero-order valence-corrected chi connectivity index (χ0v) is 11.2. The molecule has 100 valence electrons. The summed E-state index contributed by atoms with van der Waals surface area (Å²) in [5, 5.41) is 0. The van der Waals surface area contributed by atoms with Crippen molar-refractivity contribution in [2.24, 2.45) is 5.73 Å². The SMILES string of the molecule is CC1CN(c2c(F)cccc2[C@@H](C)N)C(C)CO1. The van der Waals surface area contributed by atoms with Crippen LogP contribution in [0.4, 0.5) is 10.1 Å². The molecule has 1 aliphatic heterocycles. The van der Waals surface area contributed by atoms with Crippen LogP contribution in [0.1, 0.15) is 32.4 Å². The van der Waals surface area contributed by atoms with E-state index in [4.69, 9.17) is 10.5 Å². The van der Waals surface area contributed by atoms with Crippen molar-refractivity contribution < 1.29 is 9.13 Å². The molecule has 1 fully saturated rings. The van der Waals surface area contributed by atoms with Gasteiger partial charge in [0, 0.05) is 18.6 Å². The van der Waals surface area contributed by atoms with Gasteiger partial charge in [0.1, 0.15) is 5.82 Å². The Bertz CT molecular complexity index is 422. The van der Waals surface area contributed by atoms with E-state index in [1.54, 1.807) is 6.07 Å². The van der Waals surface area contributed by atoms with Gasteiger partial charge in [0.15, 0.2) is 0 Å². The summed E-state index contributed by atoms with van der Waals surface area (Å²) >= 11 is 0. The van der Waals surface area contributed by atoms with E-state index in [-0.39, 0.29) is 24.0 Å². The topological polar surface area (TPSA) is 38.5 Å². The predicted molar refractivity (Wildman–Crippen MR) is 71.2 cm³/mol. The Balaban J connectivity index is 2.42. The van der Waals surface area contributed by atoms with E-state index < -0.39 is 0 Å². The minimum absolute atomic E-state index is 0.113. The van der Waals surface area contributed by atoms with Gasteiger partial charge >= 0.3 is 0 Å². The molecule has 1 heterocycles. The van der Waals surface area contributed by atoms with E-state index in [1.165, 1.54) is 6.07 Å². The van der Waals surface area contributed by atoms with Crippen molar-refractivity contribution in [3.63, 3.8) is 0 Å². The molecule has 18 heavy (non-hydrogen) atoms. The molecular formula is C14H21FN2O. The van der Waals surface area contributed by atoms with Crippen LogP contribution in [-0.4, -0.2) is 25.3 Å². The van der Waals surface area contributed by atoms with E-state index in [9.17, 15) is 4.39 Å². The van der Waals surface area contributed by atoms with E-state index in [0.29, 0.717) is 18.8 Å². The Morgan fingerprint density at radius 3 is 2.83 bits per heavy atom.